The molecule has 3 rings (SSSR count). The summed E-state index contributed by atoms with van der Waals surface area (Å²) < 4.78 is 0. The molecule has 0 amide bonds. The molecule has 0 saturated heterocycles. The molecule has 1 atom stereocenters. The van der Waals surface area contributed by atoms with E-state index >= 15 is 0 Å². The Morgan fingerprint density at radius 1 is 0.870 bits per heavy atom. The molecule has 23 heavy (non-hydrogen) atoms. The van der Waals surface area contributed by atoms with Gasteiger partial charge < -0.3 is 0 Å². The zero-order chi connectivity index (χ0) is 16.5. The average molecular weight is 337 g/mol. The molecule has 120 valence electrons. The van der Waals surface area contributed by atoms with Crippen LogP contribution in [0.15, 0.2) is 71.9 Å². The van der Waals surface area contributed by atoms with Crippen molar-refractivity contribution in [2.24, 2.45) is 5.92 Å². The first-order chi connectivity index (χ1) is 10.9. The monoisotopic (exact) mass is 336 g/mol. The lowest BCUT2D eigenvalue weighted by molar-refractivity contribution is 0.761. The van der Waals surface area contributed by atoms with Crippen molar-refractivity contribution in [1.29, 1.82) is 0 Å². The maximum atomic E-state index is 2.70. The summed E-state index contributed by atoms with van der Waals surface area (Å²) in [6.45, 7) is 9.90. The van der Waals surface area contributed by atoms with E-state index in [1.54, 1.807) is 15.9 Å². The Morgan fingerprint density at radius 3 is 1.78 bits per heavy atom. The lowest BCUT2D eigenvalue weighted by Gasteiger charge is -2.29. The summed E-state index contributed by atoms with van der Waals surface area (Å²) in [4.78, 5) is 0. The number of hydrogen-bond donors (Lipinski definition) is 0. The lowest BCUT2D eigenvalue weighted by Crippen LogP contribution is -2.56. The van der Waals surface area contributed by atoms with Crippen LogP contribution < -0.4 is 10.4 Å². The van der Waals surface area contributed by atoms with Gasteiger partial charge in [0.2, 0.25) is 0 Å². The third-order valence-electron chi connectivity index (χ3n) is 5.12. The summed E-state index contributed by atoms with van der Waals surface area (Å²) in [6, 6.07) is 25.3. The molecule has 0 N–H and O–H groups in total. The summed E-state index contributed by atoms with van der Waals surface area (Å²) in [7, 11) is -2.80. The molecule has 2 aromatic carbocycles. The Balaban J connectivity index is 2.06. The van der Waals surface area contributed by atoms with E-state index in [1.807, 2.05) is 0 Å². The van der Waals surface area contributed by atoms with E-state index in [0.717, 1.165) is 5.92 Å². The fourth-order valence-corrected chi connectivity index (χ4v) is 11.4. The Kier molecular flexibility index (Phi) is 4.48. The Bertz CT molecular complexity index is 641. The summed E-state index contributed by atoms with van der Waals surface area (Å²) in [5.41, 5.74) is 4.34. The van der Waals surface area contributed by atoms with E-state index in [0.29, 0.717) is 0 Å². The first kappa shape index (κ1) is 16.5. The van der Waals surface area contributed by atoms with Crippen molar-refractivity contribution in [3.05, 3.63) is 71.9 Å². The van der Waals surface area contributed by atoms with E-state index in [1.165, 1.54) is 12.1 Å². The SMILES string of the molecule is CC1=C[Si](c2ccccc2)(c2ccccc2)CC1C[Si](C)(C)C. The molecular weight excluding hydrogens is 308 g/mol. The second kappa shape index (κ2) is 6.25. The van der Waals surface area contributed by atoms with Crippen LogP contribution in [-0.2, 0) is 0 Å². The summed E-state index contributed by atoms with van der Waals surface area (Å²) >= 11 is 0. The first-order valence-corrected chi connectivity index (χ1v) is 14.7. The van der Waals surface area contributed by atoms with Crippen LogP contribution in [0, 0.1) is 5.92 Å². The molecule has 0 aliphatic carbocycles. The minimum absolute atomic E-state index is 0.786. The van der Waals surface area contributed by atoms with Crippen molar-refractivity contribution in [3.8, 4) is 0 Å². The second-order valence-electron chi connectivity index (χ2n) is 8.26. The zero-order valence-corrected chi connectivity index (χ0v) is 16.8. The van der Waals surface area contributed by atoms with Gasteiger partial charge in [-0.3, -0.25) is 0 Å². The lowest BCUT2D eigenvalue weighted by atomic mass is 10.1. The predicted molar refractivity (Wildman–Crippen MR) is 108 cm³/mol. The molecule has 2 aromatic rings. The van der Waals surface area contributed by atoms with Crippen LogP contribution in [-0.4, -0.2) is 16.1 Å². The second-order valence-corrected chi connectivity index (χ2v) is 17.6. The molecule has 0 nitrogen and oxygen atoms in total. The van der Waals surface area contributed by atoms with E-state index in [4.69, 9.17) is 0 Å². The first-order valence-electron chi connectivity index (χ1n) is 8.71. The highest BCUT2D eigenvalue weighted by Gasteiger charge is 2.43. The molecule has 2 heteroatoms. The molecule has 1 aliphatic heterocycles. The molecule has 1 heterocycles. The van der Waals surface area contributed by atoms with Crippen LogP contribution in [0.1, 0.15) is 6.92 Å². The van der Waals surface area contributed by atoms with Gasteiger partial charge in [-0.25, -0.2) is 0 Å². The van der Waals surface area contributed by atoms with Crippen LogP contribution in [0.25, 0.3) is 0 Å². The number of allylic oxidation sites excluding steroid dienone is 1. The van der Waals surface area contributed by atoms with Gasteiger partial charge in [0.05, 0.1) is 0 Å². The Labute approximate surface area is 143 Å². The molecular formula is C21H28Si2. The van der Waals surface area contributed by atoms with Crippen LogP contribution in [0.3, 0.4) is 0 Å². The minimum Gasteiger partial charge on any atom is -0.0867 e. The van der Waals surface area contributed by atoms with Crippen LogP contribution >= 0.6 is 0 Å². The maximum absolute atomic E-state index is 2.70. The zero-order valence-electron chi connectivity index (χ0n) is 14.8. The standard InChI is InChI=1S/C21H28Si2/c1-18-15-23(20-11-7-5-8-12-20,21-13-9-6-10-14-21)17-19(18)16-22(2,3)4/h5-15,19H,16-17H2,1-4H3. The van der Waals surface area contributed by atoms with Gasteiger partial charge >= 0.3 is 0 Å². The van der Waals surface area contributed by atoms with Crippen molar-refractivity contribution in [2.75, 3.05) is 0 Å². The quantitative estimate of drug-likeness (QED) is 0.710. The highest BCUT2D eigenvalue weighted by molar-refractivity contribution is 7.06. The summed E-state index contributed by atoms with van der Waals surface area (Å²) in [5, 5.41) is 3.15. The Morgan fingerprint density at radius 2 is 1.35 bits per heavy atom. The van der Waals surface area contributed by atoms with Gasteiger partial charge in [0.1, 0.15) is 8.07 Å². The topological polar surface area (TPSA) is 0 Å². The normalized spacial score (nSPS) is 20.3. The molecule has 0 fully saturated rings. The number of benzene rings is 2. The largest absolute Gasteiger partial charge is 0.141 e. The predicted octanol–water partition coefficient (Wildman–Crippen LogP) is 4.70. The van der Waals surface area contributed by atoms with Gasteiger partial charge in [-0.05, 0) is 29.3 Å². The Hall–Kier alpha value is -1.39. The molecule has 0 radical (unpaired) electrons. The molecule has 1 unspecified atom stereocenters. The van der Waals surface area contributed by atoms with E-state index < -0.39 is 16.1 Å². The van der Waals surface area contributed by atoms with Gasteiger partial charge in [0.15, 0.2) is 0 Å². The van der Waals surface area contributed by atoms with Crippen molar-refractivity contribution in [1.82, 2.24) is 0 Å². The number of hydrogen-bond acceptors (Lipinski definition) is 0. The highest BCUT2D eigenvalue weighted by atomic mass is 28.3. The van der Waals surface area contributed by atoms with Crippen molar-refractivity contribution < 1.29 is 0 Å². The maximum Gasteiger partial charge on any atom is 0.141 e. The average Bonchev–Trinajstić information content (AvgIpc) is 2.85. The van der Waals surface area contributed by atoms with E-state index in [2.05, 4.69) is 92.9 Å². The molecule has 0 saturated carbocycles. The van der Waals surface area contributed by atoms with Crippen LogP contribution in [0.5, 0.6) is 0 Å². The van der Waals surface area contributed by atoms with Gasteiger partial charge in [0, 0.05) is 8.07 Å². The van der Waals surface area contributed by atoms with Gasteiger partial charge in [-0.2, -0.15) is 0 Å². The molecule has 1 aliphatic rings. The molecule has 0 aromatic heterocycles. The third-order valence-corrected chi connectivity index (χ3v) is 11.7. The molecule has 0 bridgehead atoms. The van der Waals surface area contributed by atoms with Crippen LogP contribution in [0.2, 0.25) is 31.7 Å². The summed E-state index contributed by atoms with van der Waals surface area (Å²) in [5.74, 6) is 0.786. The fourth-order valence-electron chi connectivity index (χ4n) is 4.13. The van der Waals surface area contributed by atoms with Crippen molar-refractivity contribution in [3.63, 3.8) is 0 Å². The van der Waals surface area contributed by atoms with Crippen LogP contribution in [0.4, 0.5) is 0 Å². The van der Waals surface area contributed by atoms with Gasteiger partial charge in [0.25, 0.3) is 0 Å². The minimum atomic E-state index is -1.75. The van der Waals surface area contributed by atoms with E-state index in [9.17, 15) is 0 Å². The highest BCUT2D eigenvalue weighted by Crippen LogP contribution is 2.38. The van der Waals surface area contributed by atoms with Gasteiger partial charge in [-0.15, -0.1) is 0 Å². The molecule has 0 spiro atoms. The third kappa shape index (κ3) is 3.43. The van der Waals surface area contributed by atoms with Gasteiger partial charge in [-0.1, -0.05) is 97.6 Å². The number of rotatable bonds is 4. The van der Waals surface area contributed by atoms with E-state index in [-0.39, 0.29) is 0 Å². The van der Waals surface area contributed by atoms with Crippen molar-refractivity contribution >= 4 is 26.5 Å². The smallest absolute Gasteiger partial charge is 0.0867 e. The fraction of sp³-hybridized carbons (Fsp3) is 0.333. The summed E-state index contributed by atoms with van der Waals surface area (Å²) in [6.07, 6.45) is 0. The van der Waals surface area contributed by atoms with Crippen molar-refractivity contribution in [2.45, 2.75) is 38.7 Å².